The van der Waals surface area contributed by atoms with Gasteiger partial charge in [0.2, 0.25) is 5.91 Å². The number of hydrogen-bond acceptors (Lipinski definition) is 2. The van der Waals surface area contributed by atoms with E-state index in [2.05, 4.69) is 6.92 Å². The fraction of sp³-hybridized carbons (Fsp3) is 0.440. The minimum atomic E-state index is -0.114. The van der Waals surface area contributed by atoms with Gasteiger partial charge in [0.05, 0.1) is 6.04 Å². The van der Waals surface area contributed by atoms with Crippen LogP contribution >= 0.6 is 11.6 Å². The Hall–Kier alpha value is -2.53. The number of amides is 3. The molecule has 2 saturated heterocycles. The highest BCUT2D eigenvalue weighted by Gasteiger charge is 2.34. The first-order valence-electron chi connectivity index (χ1n) is 11.2. The Morgan fingerprint density at radius 2 is 1.48 bits per heavy atom. The predicted octanol–water partition coefficient (Wildman–Crippen LogP) is 5.36. The lowest BCUT2D eigenvalue weighted by Crippen LogP contribution is -2.48. The van der Waals surface area contributed by atoms with E-state index in [1.807, 2.05) is 69.3 Å². The van der Waals surface area contributed by atoms with Gasteiger partial charge in [0.1, 0.15) is 0 Å². The molecule has 2 aromatic rings. The third-order valence-corrected chi connectivity index (χ3v) is 6.75. The maximum atomic E-state index is 13.7. The van der Waals surface area contributed by atoms with Gasteiger partial charge in [0.25, 0.3) is 0 Å². The van der Waals surface area contributed by atoms with Gasteiger partial charge in [0.15, 0.2) is 0 Å². The molecule has 0 radical (unpaired) electrons. The number of piperidine rings is 1. The molecular weight excluding hydrogens is 410 g/mol. The SMILES string of the molecule is CC(c1ccc(Cl)cc1)N(C(=O)C1CCN(C(=O)N2CCCC2)CC1)c1ccccc1. The number of carbonyl (C=O) groups is 2. The zero-order chi connectivity index (χ0) is 21.8. The molecule has 2 heterocycles. The van der Waals surface area contributed by atoms with Crippen molar-refractivity contribution in [3.63, 3.8) is 0 Å². The fourth-order valence-corrected chi connectivity index (χ4v) is 4.77. The first-order chi connectivity index (χ1) is 15.0. The van der Waals surface area contributed by atoms with Crippen LogP contribution in [0.15, 0.2) is 54.6 Å². The summed E-state index contributed by atoms with van der Waals surface area (Å²) >= 11 is 6.07. The molecule has 0 N–H and O–H groups in total. The summed E-state index contributed by atoms with van der Waals surface area (Å²) in [4.78, 5) is 32.2. The number of nitrogens with zero attached hydrogens (tertiary/aromatic N) is 3. The molecule has 1 unspecified atom stereocenters. The predicted molar refractivity (Wildman–Crippen MR) is 124 cm³/mol. The first kappa shape index (κ1) is 21.7. The summed E-state index contributed by atoms with van der Waals surface area (Å²) in [5.41, 5.74) is 1.94. The van der Waals surface area contributed by atoms with E-state index in [1.54, 1.807) is 0 Å². The molecule has 6 heteroatoms. The molecular formula is C25H30ClN3O2. The molecule has 164 valence electrons. The summed E-state index contributed by atoms with van der Waals surface area (Å²) in [6.07, 6.45) is 3.59. The van der Waals surface area contributed by atoms with Crippen LogP contribution < -0.4 is 4.90 Å². The third kappa shape index (κ3) is 4.87. The van der Waals surface area contributed by atoms with E-state index >= 15 is 0 Å². The molecule has 3 amide bonds. The van der Waals surface area contributed by atoms with Crippen molar-refractivity contribution in [3.05, 3.63) is 65.2 Å². The van der Waals surface area contributed by atoms with E-state index in [4.69, 9.17) is 11.6 Å². The van der Waals surface area contributed by atoms with Gasteiger partial charge >= 0.3 is 6.03 Å². The smallest absolute Gasteiger partial charge is 0.319 e. The number of anilines is 1. The van der Waals surface area contributed by atoms with Crippen LogP contribution in [0.3, 0.4) is 0 Å². The number of carbonyl (C=O) groups excluding carboxylic acids is 2. The zero-order valence-electron chi connectivity index (χ0n) is 18.0. The van der Waals surface area contributed by atoms with Crippen LogP contribution in [0, 0.1) is 5.92 Å². The number of urea groups is 1. The third-order valence-electron chi connectivity index (χ3n) is 6.50. The van der Waals surface area contributed by atoms with E-state index < -0.39 is 0 Å². The maximum absolute atomic E-state index is 13.7. The van der Waals surface area contributed by atoms with E-state index in [0.717, 1.165) is 37.2 Å². The second-order valence-corrected chi connectivity index (χ2v) is 8.95. The molecule has 4 rings (SSSR count). The van der Waals surface area contributed by atoms with Crippen molar-refractivity contribution in [3.8, 4) is 0 Å². The van der Waals surface area contributed by atoms with Crippen molar-refractivity contribution >= 4 is 29.2 Å². The fourth-order valence-electron chi connectivity index (χ4n) is 4.64. The molecule has 2 aromatic carbocycles. The molecule has 2 aliphatic rings. The zero-order valence-corrected chi connectivity index (χ0v) is 18.8. The number of rotatable bonds is 4. The number of para-hydroxylation sites is 1. The van der Waals surface area contributed by atoms with Crippen molar-refractivity contribution in [2.45, 2.75) is 38.6 Å². The highest BCUT2D eigenvalue weighted by Crippen LogP contribution is 2.32. The van der Waals surface area contributed by atoms with Crippen molar-refractivity contribution in [2.75, 3.05) is 31.1 Å². The van der Waals surface area contributed by atoms with Gasteiger partial charge in [0, 0.05) is 42.8 Å². The minimum absolute atomic E-state index is 0.0856. The van der Waals surface area contributed by atoms with Crippen LogP contribution in [0.4, 0.5) is 10.5 Å². The molecule has 0 aliphatic carbocycles. The molecule has 0 bridgehead atoms. The van der Waals surface area contributed by atoms with Crippen molar-refractivity contribution < 1.29 is 9.59 Å². The summed E-state index contributed by atoms with van der Waals surface area (Å²) in [5, 5.41) is 0.684. The molecule has 5 nitrogen and oxygen atoms in total. The van der Waals surface area contributed by atoms with E-state index in [-0.39, 0.29) is 23.9 Å². The Balaban J connectivity index is 1.49. The molecule has 0 saturated carbocycles. The minimum Gasteiger partial charge on any atom is -0.325 e. The highest BCUT2D eigenvalue weighted by molar-refractivity contribution is 6.30. The largest absolute Gasteiger partial charge is 0.325 e. The maximum Gasteiger partial charge on any atom is 0.319 e. The number of benzene rings is 2. The highest BCUT2D eigenvalue weighted by atomic mass is 35.5. The van der Waals surface area contributed by atoms with Gasteiger partial charge in [-0.1, -0.05) is 41.9 Å². The van der Waals surface area contributed by atoms with Gasteiger partial charge in [-0.25, -0.2) is 4.79 Å². The van der Waals surface area contributed by atoms with Crippen LogP contribution in [0.5, 0.6) is 0 Å². The van der Waals surface area contributed by atoms with E-state index in [9.17, 15) is 9.59 Å². The van der Waals surface area contributed by atoms with Crippen LogP contribution in [-0.2, 0) is 4.79 Å². The van der Waals surface area contributed by atoms with E-state index in [1.165, 1.54) is 0 Å². The van der Waals surface area contributed by atoms with Gasteiger partial charge in [-0.05, 0) is 62.4 Å². The number of halogens is 1. The van der Waals surface area contributed by atoms with Crippen molar-refractivity contribution in [2.24, 2.45) is 5.92 Å². The number of hydrogen-bond donors (Lipinski definition) is 0. The second-order valence-electron chi connectivity index (χ2n) is 8.51. The Bertz CT molecular complexity index is 889. The normalized spacial score (nSPS) is 18.1. The lowest BCUT2D eigenvalue weighted by atomic mass is 9.93. The molecule has 1 atom stereocenters. The quantitative estimate of drug-likeness (QED) is 0.643. The standard InChI is InChI=1S/C25H30ClN3O2/c1-19(20-9-11-22(26)12-10-20)29(23-7-3-2-4-8-23)24(30)21-13-17-28(18-14-21)25(31)27-15-5-6-16-27/h2-4,7-12,19,21H,5-6,13-18H2,1H3. The van der Waals surface area contributed by atoms with Crippen molar-refractivity contribution in [1.29, 1.82) is 0 Å². The topological polar surface area (TPSA) is 43.9 Å². The summed E-state index contributed by atoms with van der Waals surface area (Å²) in [5.74, 6) is 0.0412. The van der Waals surface area contributed by atoms with Gasteiger partial charge in [-0.15, -0.1) is 0 Å². The van der Waals surface area contributed by atoms with Crippen LogP contribution in [0.2, 0.25) is 5.02 Å². The summed E-state index contributed by atoms with van der Waals surface area (Å²) in [7, 11) is 0. The Kier molecular flexibility index (Phi) is 6.81. The van der Waals surface area contributed by atoms with Gasteiger partial charge in [-0.2, -0.15) is 0 Å². The summed E-state index contributed by atoms with van der Waals surface area (Å²) < 4.78 is 0. The summed E-state index contributed by atoms with van der Waals surface area (Å²) in [6.45, 7) is 5.06. The van der Waals surface area contributed by atoms with Gasteiger partial charge < -0.3 is 14.7 Å². The van der Waals surface area contributed by atoms with Crippen LogP contribution in [0.1, 0.15) is 44.2 Å². The summed E-state index contributed by atoms with van der Waals surface area (Å²) in [6, 6.07) is 17.6. The van der Waals surface area contributed by atoms with Crippen molar-refractivity contribution in [1.82, 2.24) is 9.80 Å². The molecule has 2 aliphatic heterocycles. The van der Waals surface area contributed by atoms with Crippen LogP contribution in [0.25, 0.3) is 0 Å². The second kappa shape index (κ2) is 9.73. The monoisotopic (exact) mass is 439 g/mol. The van der Waals surface area contributed by atoms with Gasteiger partial charge in [-0.3, -0.25) is 4.79 Å². The first-order valence-corrected chi connectivity index (χ1v) is 11.6. The Morgan fingerprint density at radius 3 is 2.10 bits per heavy atom. The Morgan fingerprint density at radius 1 is 0.903 bits per heavy atom. The molecule has 31 heavy (non-hydrogen) atoms. The number of likely N-dealkylation sites (tertiary alicyclic amines) is 2. The molecule has 0 spiro atoms. The molecule has 2 fully saturated rings. The Labute approximate surface area is 189 Å². The molecule has 0 aromatic heterocycles. The average molecular weight is 440 g/mol. The van der Waals surface area contributed by atoms with E-state index in [0.29, 0.717) is 31.0 Å². The average Bonchev–Trinajstić information content (AvgIpc) is 3.35. The van der Waals surface area contributed by atoms with Crippen LogP contribution in [-0.4, -0.2) is 47.9 Å². The lowest BCUT2D eigenvalue weighted by Gasteiger charge is -2.38. The lowest BCUT2D eigenvalue weighted by molar-refractivity contribution is -0.124.